The lowest BCUT2D eigenvalue weighted by Gasteiger charge is -2.26. The van der Waals surface area contributed by atoms with Gasteiger partial charge in [0.15, 0.2) is 6.10 Å². The molecule has 3 atom stereocenters. The Morgan fingerprint density at radius 1 is 0.933 bits per heavy atom. The zero-order valence-electron chi connectivity index (χ0n) is 23.5. The first kappa shape index (κ1) is 34.6. The van der Waals surface area contributed by atoms with Crippen LogP contribution < -0.4 is 27.0 Å². The number of aromatic nitrogens is 2. The predicted octanol–water partition coefficient (Wildman–Crippen LogP) is 0.452. The maximum absolute atomic E-state index is 13.0. The quantitative estimate of drug-likeness (QED) is 0.136. The summed E-state index contributed by atoms with van der Waals surface area (Å²) in [6.45, 7) is -1.32. The number of nitrogens with two attached hydrogens (primary N) is 1. The third-order valence-corrected chi connectivity index (χ3v) is 7.09. The van der Waals surface area contributed by atoms with Gasteiger partial charge >= 0.3 is 6.18 Å². The summed E-state index contributed by atoms with van der Waals surface area (Å²) in [6.07, 6.45) is -6.08. The van der Waals surface area contributed by atoms with Crippen LogP contribution in [-0.2, 0) is 25.6 Å². The van der Waals surface area contributed by atoms with E-state index >= 15 is 0 Å². The van der Waals surface area contributed by atoms with Crippen molar-refractivity contribution in [1.82, 2.24) is 31.2 Å². The van der Waals surface area contributed by atoms with Gasteiger partial charge in [-0.25, -0.2) is 4.98 Å². The molecule has 3 rings (SSSR count). The minimum atomic E-state index is -5.10. The Morgan fingerprint density at radius 3 is 2.22 bits per heavy atom. The molecule has 240 valence electrons. The first-order valence-electron chi connectivity index (χ1n) is 13.4. The van der Waals surface area contributed by atoms with E-state index in [2.05, 4.69) is 25.9 Å². The monoisotopic (exact) mass is 649 g/mol. The Bertz CT molecular complexity index is 1470. The molecule has 0 saturated heterocycles. The number of carbonyl (C=O) groups is 5. The molecule has 2 heterocycles. The highest BCUT2D eigenvalue weighted by Crippen LogP contribution is 2.24. The average molecular weight is 650 g/mol. The molecule has 7 N–H and O–H groups in total. The van der Waals surface area contributed by atoms with E-state index in [-0.39, 0.29) is 12.1 Å². The van der Waals surface area contributed by atoms with Crippen LogP contribution in [0, 0.1) is 0 Å². The first-order valence-corrected chi connectivity index (χ1v) is 14.3. The number of alkyl halides is 3. The van der Waals surface area contributed by atoms with Crippen LogP contribution in [0.5, 0.6) is 0 Å². The second-order valence-corrected chi connectivity index (χ2v) is 10.5. The molecule has 0 radical (unpaired) electrons. The van der Waals surface area contributed by atoms with Gasteiger partial charge in [0, 0.05) is 36.2 Å². The summed E-state index contributed by atoms with van der Waals surface area (Å²) in [6, 6.07) is 8.82. The number of amides is 5. The van der Waals surface area contributed by atoms with E-state index < -0.39 is 79.8 Å². The molecule has 17 heteroatoms. The standard InChI is InChI=1S/C28H30F3N7O6S/c29-28(30,31)24(42)18(6-7-21(32)39)36-22(40)13-34-25(43)19(12-16-4-2-1-3-5-16)37-23(41)14-35-26(44)20-15-45-27(38-20)17-8-10-33-11-9-17/h1-5,8-11,15,18-19,24,42H,6-7,12-14H2,(H2,32,39)(H,34,43)(H,35,44)(H,36,40)(H,37,41). The van der Waals surface area contributed by atoms with Crippen LogP contribution in [0.2, 0.25) is 0 Å². The van der Waals surface area contributed by atoms with Gasteiger partial charge in [-0.1, -0.05) is 30.3 Å². The molecule has 0 spiro atoms. The second-order valence-electron chi connectivity index (χ2n) is 9.65. The molecule has 5 amide bonds. The lowest BCUT2D eigenvalue weighted by molar-refractivity contribution is -0.212. The SMILES string of the molecule is NC(=O)CCC(NC(=O)CNC(=O)C(Cc1ccccc1)NC(=O)CNC(=O)c1csc(-c2ccncc2)n1)C(O)C(F)(F)F. The van der Waals surface area contributed by atoms with Crippen LogP contribution in [0.1, 0.15) is 28.9 Å². The van der Waals surface area contributed by atoms with Gasteiger partial charge in [0.1, 0.15) is 16.7 Å². The van der Waals surface area contributed by atoms with Crippen molar-refractivity contribution in [1.29, 1.82) is 0 Å². The van der Waals surface area contributed by atoms with Crippen molar-refractivity contribution < 1.29 is 42.3 Å². The zero-order chi connectivity index (χ0) is 33.0. The molecule has 0 aliphatic carbocycles. The summed E-state index contributed by atoms with van der Waals surface area (Å²) in [5.41, 5.74) is 6.44. The highest BCUT2D eigenvalue weighted by atomic mass is 32.1. The Labute approximate surface area is 258 Å². The van der Waals surface area contributed by atoms with Gasteiger partial charge in [0.2, 0.25) is 23.6 Å². The zero-order valence-corrected chi connectivity index (χ0v) is 24.4. The highest BCUT2D eigenvalue weighted by molar-refractivity contribution is 7.13. The number of carbonyl (C=O) groups excluding carboxylic acids is 5. The lowest BCUT2D eigenvalue weighted by Crippen LogP contribution is -2.54. The number of benzene rings is 1. The molecular formula is C28H30F3N7O6S. The molecule has 0 bridgehead atoms. The van der Waals surface area contributed by atoms with E-state index in [0.717, 1.165) is 5.56 Å². The first-order chi connectivity index (χ1) is 21.3. The average Bonchev–Trinajstić information content (AvgIpc) is 3.51. The van der Waals surface area contributed by atoms with E-state index in [0.29, 0.717) is 10.6 Å². The van der Waals surface area contributed by atoms with Gasteiger partial charge in [0.25, 0.3) is 5.91 Å². The van der Waals surface area contributed by atoms with Gasteiger partial charge in [-0.05, 0) is 24.1 Å². The number of thiazole rings is 1. The highest BCUT2D eigenvalue weighted by Gasteiger charge is 2.44. The third kappa shape index (κ3) is 11.3. The Kier molecular flexibility index (Phi) is 12.5. The Balaban J connectivity index is 1.59. The number of rotatable bonds is 15. The number of halogens is 3. The normalized spacial score (nSPS) is 13.2. The molecule has 0 fully saturated rings. The number of primary amides is 1. The number of hydrogen-bond acceptors (Lipinski definition) is 9. The van der Waals surface area contributed by atoms with Gasteiger partial charge in [-0.3, -0.25) is 29.0 Å². The number of nitrogens with one attached hydrogen (secondary N) is 4. The van der Waals surface area contributed by atoms with Crippen molar-refractivity contribution in [2.24, 2.45) is 5.73 Å². The molecule has 1 aromatic carbocycles. The topological polar surface area (TPSA) is 205 Å². The number of hydrogen-bond donors (Lipinski definition) is 6. The second kappa shape index (κ2) is 16.2. The van der Waals surface area contributed by atoms with Crippen LogP contribution >= 0.6 is 11.3 Å². The molecule has 2 aromatic heterocycles. The van der Waals surface area contributed by atoms with Crippen LogP contribution in [0.3, 0.4) is 0 Å². The maximum atomic E-state index is 13.0. The summed E-state index contributed by atoms with van der Waals surface area (Å²) >= 11 is 1.22. The molecule has 13 nitrogen and oxygen atoms in total. The van der Waals surface area contributed by atoms with E-state index in [1.807, 2.05) is 5.32 Å². The molecule has 45 heavy (non-hydrogen) atoms. The fraction of sp³-hybridized carbons (Fsp3) is 0.321. The van der Waals surface area contributed by atoms with Crippen molar-refractivity contribution in [2.75, 3.05) is 13.1 Å². The summed E-state index contributed by atoms with van der Waals surface area (Å²) in [4.78, 5) is 69.8. The number of aliphatic hydroxyl groups excluding tert-OH is 1. The van der Waals surface area contributed by atoms with E-state index in [1.165, 1.54) is 16.7 Å². The lowest BCUT2D eigenvalue weighted by atomic mass is 10.0. The van der Waals surface area contributed by atoms with E-state index in [1.54, 1.807) is 54.9 Å². The van der Waals surface area contributed by atoms with Gasteiger partial charge in [0.05, 0.1) is 19.1 Å². The van der Waals surface area contributed by atoms with Crippen molar-refractivity contribution in [2.45, 2.75) is 43.6 Å². The molecule has 0 aliphatic rings. The fourth-order valence-electron chi connectivity index (χ4n) is 3.94. The molecule has 0 aliphatic heterocycles. The maximum Gasteiger partial charge on any atom is 0.416 e. The predicted molar refractivity (Wildman–Crippen MR) is 155 cm³/mol. The molecule has 0 saturated carbocycles. The third-order valence-electron chi connectivity index (χ3n) is 6.20. The van der Waals surface area contributed by atoms with Gasteiger partial charge in [-0.2, -0.15) is 13.2 Å². The van der Waals surface area contributed by atoms with Crippen LogP contribution in [0.25, 0.3) is 10.6 Å². The number of aliphatic hydroxyl groups is 1. The van der Waals surface area contributed by atoms with Crippen LogP contribution in [0.4, 0.5) is 13.2 Å². The van der Waals surface area contributed by atoms with Crippen LogP contribution in [0.15, 0.2) is 60.2 Å². The number of pyridine rings is 1. The van der Waals surface area contributed by atoms with Crippen molar-refractivity contribution in [3.63, 3.8) is 0 Å². The number of nitrogens with zero attached hydrogens (tertiary/aromatic N) is 2. The molecule has 3 unspecified atom stereocenters. The van der Waals surface area contributed by atoms with E-state index in [4.69, 9.17) is 5.73 Å². The van der Waals surface area contributed by atoms with Gasteiger partial charge < -0.3 is 32.1 Å². The van der Waals surface area contributed by atoms with Gasteiger partial charge in [-0.15, -0.1) is 11.3 Å². The largest absolute Gasteiger partial charge is 0.416 e. The Morgan fingerprint density at radius 2 is 1.58 bits per heavy atom. The Hall–Kier alpha value is -4.90. The van der Waals surface area contributed by atoms with Crippen LogP contribution in [-0.4, -0.2) is 82.1 Å². The van der Waals surface area contributed by atoms with Crippen molar-refractivity contribution >= 4 is 40.9 Å². The summed E-state index contributed by atoms with van der Waals surface area (Å²) in [7, 11) is 0. The van der Waals surface area contributed by atoms with E-state index in [9.17, 15) is 42.3 Å². The summed E-state index contributed by atoms with van der Waals surface area (Å²) < 4.78 is 39.1. The smallest absolute Gasteiger partial charge is 0.382 e. The summed E-state index contributed by atoms with van der Waals surface area (Å²) in [5, 5.41) is 20.8. The summed E-state index contributed by atoms with van der Waals surface area (Å²) in [5.74, 6) is -4.25. The molecular weight excluding hydrogens is 619 g/mol. The minimum absolute atomic E-state index is 0.0244. The van der Waals surface area contributed by atoms with Crippen molar-refractivity contribution in [3.8, 4) is 10.6 Å². The fourth-order valence-corrected chi connectivity index (χ4v) is 4.75. The van der Waals surface area contributed by atoms with Crippen molar-refractivity contribution in [3.05, 3.63) is 71.5 Å². The minimum Gasteiger partial charge on any atom is -0.382 e. The molecule has 3 aromatic rings.